The zero-order chi connectivity index (χ0) is 14.8. The van der Waals surface area contributed by atoms with E-state index in [4.69, 9.17) is 21.4 Å². The van der Waals surface area contributed by atoms with Crippen LogP contribution in [0.4, 0.5) is 0 Å². The van der Waals surface area contributed by atoms with Gasteiger partial charge in [0, 0.05) is 18.2 Å². The first-order valence-corrected chi connectivity index (χ1v) is 7.37. The second-order valence-electron chi connectivity index (χ2n) is 5.05. The van der Waals surface area contributed by atoms with Crippen molar-refractivity contribution in [2.75, 3.05) is 26.3 Å². The second-order valence-corrected chi connectivity index (χ2v) is 5.49. The third-order valence-electron chi connectivity index (χ3n) is 3.00. The average molecular weight is 302 g/mol. The monoisotopic (exact) mass is 301 g/mol. The molecule has 0 aliphatic rings. The number of ether oxygens (including phenoxy) is 1. The molecule has 20 heavy (non-hydrogen) atoms. The predicted molar refractivity (Wildman–Crippen MR) is 81.3 cm³/mol. The van der Waals surface area contributed by atoms with E-state index in [1.807, 2.05) is 6.92 Å². The van der Waals surface area contributed by atoms with Crippen LogP contribution < -0.4 is 10.1 Å². The van der Waals surface area contributed by atoms with Gasteiger partial charge in [0.15, 0.2) is 0 Å². The Morgan fingerprint density at radius 1 is 1.30 bits per heavy atom. The maximum absolute atomic E-state index is 9.77. The van der Waals surface area contributed by atoms with E-state index in [-0.39, 0.29) is 13.2 Å². The number of benzene rings is 1. The summed E-state index contributed by atoms with van der Waals surface area (Å²) in [5, 5.41) is 22.5. The van der Waals surface area contributed by atoms with Crippen molar-refractivity contribution in [3.05, 3.63) is 29.3 Å². The lowest BCUT2D eigenvalue weighted by atomic mass is 10.1. The van der Waals surface area contributed by atoms with E-state index in [1.165, 1.54) is 0 Å². The third kappa shape index (κ3) is 7.70. The molecular weight excluding hydrogens is 278 g/mol. The minimum absolute atomic E-state index is 0.234. The minimum atomic E-state index is -0.541. The molecule has 2 unspecified atom stereocenters. The van der Waals surface area contributed by atoms with Crippen LogP contribution in [0, 0.1) is 5.92 Å². The highest BCUT2D eigenvalue weighted by Gasteiger charge is 2.05. The summed E-state index contributed by atoms with van der Waals surface area (Å²) < 4.78 is 5.45. The van der Waals surface area contributed by atoms with Crippen molar-refractivity contribution in [1.29, 1.82) is 0 Å². The Bertz CT molecular complexity index is 359. The first kappa shape index (κ1) is 17.2. The van der Waals surface area contributed by atoms with Crippen molar-refractivity contribution in [1.82, 2.24) is 5.32 Å². The van der Waals surface area contributed by atoms with E-state index in [0.29, 0.717) is 23.2 Å². The summed E-state index contributed by atoms with van der Waals surface area (Å²) in [6.45, 7) is 3.84. The van der Waals surface area contributed by atoms with Crippen molar-refractivity contribution < 1.29 is 14.9 Å². The SMILES string of the molecule is CC(CO)CCCNCC(O)COc1ccc(Cl)cc1. The fourth-order valence-corrected chi connectivity index (χ4v) is 1.84. The molecule has 0 aromatic heterocycles. The lowest BCUT2D eigenvalue weighted by Gasteiger charge is -2.14. The van der Waals surface area contributed by atoms with Crippen molar-refractivity contribution in [2.24, 2.45) is 5.92 Å². The standard InChI is InChI=1S/C15H24ClNO3/c1-12(10-18)3-2-8-17-9-14(19)11-20-15-6-4-13(16)5-7-15/h4-7,12,14,17-19H,2-3,8-11H2,1H3. The zero-order valence-corrected chi connectivity index (χ0v) is 12.6. The molecule has 1 aromatic rings. The van der Waals surface area contributed by atoms with Gasteiger partial charge in [-0.2, -0.15) is 0 Å². The van der Waals surface area contributed by atoms with E-state index in [0.717, 1.165) is 19.4 Å². The molecule has 0 spiro atoms. The molecule has 4 nitrogen and oxygen atoms in total. The van der Waals surface area contributed by atoms with Crippen molar-refractivity contribution in [3.8, 4) is 5.75 Å². The highest BCUT2D eigenvalue weighted by Crippen LogP contribution is 2.15. The Morgan fingerprint density at radius 3 is 2.65 bits per heavy atom. The molecule has 0 aliphatic heterocycles. The number of rotatable bonds is 10. The van der Waals surface area contributed by atoms with Crippen molar-refractivity contribution >= 4 is 11.6 Å². The number of nitrogens with one attached hydrogen (secondary N) is 1. The van der Waals surface area contributed by atoms with Crippen LogP contribution in [0.3, 0.4) is 0 Å². The second kappa shape index (κ2) is 10.00. The van der Waals surface area contributed by atoms with Gasteiger partial charge in [-0.15, -0.1) is 0 Å². The highest BCUT2D eigenvalue weighted by atomic mass is 35.5. The molecule has 1 rings (SSSR count). The van der Waals surface area contributed by atoms with Crippen molar-refractivity contribution in [3.63, 3.8) is 0 Å². The molecule has 0 saturated heterocycles. The maximum atomic E-state index is 9.77. The quantitative estimate of drug-likeness (QED) is 0.579. The molecule has 3 N–H and O–H groups in total. The molecule has 0 fully saturated rings. The lowest BCUT2D eigenvalue weighted by Crippen LogP contribution is -2.32. The number of hydrogen-bond donors (Lipinski definition) is 3. The molecular formula is C15H24ClNO3. The summed E-state index contributed by atoms with van der Waals surface area (Å²) in [6, 6.07) is 7.06. The van der Waals surface area contributed by atoms with Gasteiger partial charge in [0.1, 0.15) is 18.5 Å². The van der Waals surface area contributed by atoms with Gasteiger partial charge >= 0.3 is 0 Å². The van der Waals surface area contributed by atoms with Gasteiger partial charge in [-0.1, -0.05) is 18.5 Å². The molecule has 1 aromatic carbocycles. The Kier molecular flexibility index (Phi) is 8.62. The third-order valence-corrected chi connectivity index (χ3v) is 3.25. The van der Waals surface area contributed by atoms with Gasteiger partial charge < -0.3 is 20.3 Å². The van der Waals surface area contributed by atoms with E-state index in [9.17, 15) is 5.11 Å². The number of aliphatic hydroxyl groups excluding tert-OH is 2. The fraction of sp³-hybridized carbons (Fsp3) is 0.600. The topological polar surface area (TPSA) is 61.7 Å². The summed E-state index contributed by atoms with van der Waals surface area (Å²) in [7, 11) is 0. The Labute approximate surface area is 125 Å². The smallest absolute Gasteiger partial charge is 0.119 e. The van der Waals surface area contributed by atoms with E-state index in [2.05, 4.69) is 5.32 Å². The fourth-order valence-electron chi connectivity index (χ4n) is 1.72. The number of aliphatic hydroxyl groups is 2. The Hall–Kier alpha value is -0.810. The normalized spacial score (nSPS) is 14.0. The summed E-state index contributed by atoms with van der Waals surface area (Å²) >= 11 is 5.77. The van der Waals surface area contributed by atoms with Crippen LogP contribution in [0.15, 0.2) is 24.3 Å². The summed E-state index contributed by atoms with van der Waals surface area (Å²) in [5.41, 5.74) is 0. The molecule has 0 heterocycles. The number of hydrogen-bond acceptors (Lipinski definition) is 4. The Morgan fingerprint density at radius 2 is 2.00 bits per heavy atom. The van der Waals surface area contributed by atoms with Gasteiger partial charge in [-0.3, -0.25) is 0 Å². The highest BCUT2D eigenvalue weighted by molar-refractivity contribution is 6.30. The average Bonchev–Trinajstić information content (AvgIpc) is 2.46. The minimum Gasteiger partial charge on any atom is -0.491 e. The van der Waals surface area contributed by atoms with Crippen LogP contribution >= 0.6 is 11.6 Å². The molecule has 0 saturated carbocycles. The largest absolute Gasteiger partial charge is 0.491 e. The molecule has 5 heteroatoms. The molecule has 0 radical (unpaired) electrons. The van der Waals surface area contributed by atoms with E-state index in [1.54, 1.807) is 24.3 Å². The molecule has 2 atom stereocenters. The van der Waals surface area contributed by atoms with Crippen LogP contribution in [0.2, 0.25) is 5.02 Å². The first-order valence-electron chi connectivity index (χ1n) is 7.00. The zero-order valence-electron chi connectivity index (χ0n) is 11.9. The van der Waals surface area contributed by atoms with Gasteiger partial charge in [0.2, 0.25) is 0 Å². The van der Waals surface area contributed by atoms with E-state index >= 15 is 0 Å². The molecule has 0 amide bonds. The van der Waals surface area contributed by atoms with Crippen LogP contribution in [0.1, 0.15) is 19.8 Å². The van der Waals surface area contributed by atoms with Gasteiger partial charge in [0.25, 0.3) is 0 Å². The number of halogens is 1. The van der Waals surface area contributed by atoms with Crippen molar-refractivity contribution in [2.45, 2.75) is 25.9 Å². The first-order chi connectivity index (χ1) is 9.61. The molecule has 0 bridgehead atoms. The summed E-state index contributed by atoms with van der Waals surface area (Å²) in [5.74, 6) is 1.04. The van der Waals surface area contributed by atoms with Gasteiger partial charge in [0.05, 0.1) is 0 Å². The Balaban J connectivity index is 2.05. The predicted octanol–water partition coefficient (Wildman–Crippen LogP) is 2.08. The van der Waals surface area contributed by atoms with Crippen LogP contribution in [0.25, 0.3) is 0 Å². The van der Waals surface area contributed by atoms with Crippen LogP contribution in [-0.2, 0) is 0 Å². The van der Waals surface area contributed by atoms with Gasteiger partial charge in [-0.05, 0) is 49.6 Å². The van der Waals surface area contributed by atoms with Crippen LogP contribution in [-0.4, -0.2) is 42.6 Å². The lowest BCUT2D eigenvalue weighted by molar-refractivity contribution is 0.106. The molecule has 114 valence electrons. The maximum Gasteiger partial charge on any atom is 0.119 e. The van der Waals surface area contributed by atoms with Crippen LogP contribution in [0.5, 0.6) is 5.75 Å². The summed E-state index contributed by atoms with van der Waals surface area (Å²) in [6.07, 6.45) is 1.44. The summed E-state index contributed by atoms with van der Waals surface area (Å²) in [4.78, 5) is 0. The van der Waals surface area contributed by atoms with Gasteiger partial charge in [-0.25, -0.2) is 0 Å². The molecule has 0 aliphatic carbocycles. The van der Waals surface area contributed by atoms with E-state index < -0.39 is 6.10 Å².